The van der Waals surface area contributed by atoms with Gasteiger partial charge < -0.3 is 16.0 Å². The first kappa shape index (κ1) is 14.3. The van der Waals surface area contributed by atoms with Crippen LogP contribution in [-0.4, -0.2) is 41.9 Å². The number of anilines is 1. The second-order valence-corrected chi connectivity index (χ2v) is 5.08. The van der Waals surface area contributed by atoms with Crippen LogP contribution in [-0.2, 0) is 0 Å². The normalized spacial score (nSPS) is 16.9. The average molecular weight is 278 g/mol. The van der Waals surface area contributed by atoms with E-state index in [2.05, 4.69) is 10.2 Å². The Kier molecular flexibility index (Phi) is 4.19. The molecule has 3 N–H and O–H groups in total. The number of carbonyl (C=O) groups excluding carboxylic acids is 1. The van der Waals surface area contributed by atoms with E-state index in [1.807, 2.05) is 7.05 Å². The number of nitrogens with two attached hydrogens (primary N) is 1. The minimum absolute atomic E-state index is 0.0610. The number of likely N-dealkylation sites (tertiary alicyclic amines) is 1. The molecule has 0 saturated carbocycles. The molecule has 1 aliphatic heterocycles. The van der Waals surface area contributed by atoms with Crippen LogP contribution in [0.5, 0.6) is 0 Å². The van der Waals surface area contributed by atoms with Crippen molar-refractivity contribution in [2.24, 2.45) is 0 Å². The molecule has 1 saturated heterocycles. The fourth-order valence-corrected chi connectivity index (χ4v) is 2.26. The van der Waals surface area contributed by atoms with Crippen LogP contribution >= 0.6 is 0 Å². The van der Waals surface area contributed by atoms with Crippen molar-refractivity contribution in [3.63, 3.8) is 0 Å². The molecule has 1 fully saturated rings. The van der Waals surface area contributed by atoms with Crippen molar-refractivity contribution in [3.05, 3.63) is 33.9 Å². The minimum atomic E-state index is -0.582. The summed E-state index contributed by atoms with van der Waals surface area (Å²) in [5.74, 6) is -0.289. The van der Waals surface area contributed by atoms with E-state index in [-0.39, 0.29) is 28.9 Å². The number of amides is 1. The summed E-state index contributed by atoms with van der Waals surface area (Å²) in [5.41, 5.74) is 5.61. The topological polar surface area (TPSA) is 102 Å². The maximum absolute atomic E-state index is 12.1. The molecule has 0 atom stereocenters. The highest BCUT2D eigenvalue weighted by molar-refractivity contribution is 5.95. The van der Waals surface area contributed by atoms with Crippen LogP contribution in [0.1, 0.15) is 23.2 Å². The summed E-state index contributed by atoms with van der Waals surface area (Å²) in [4.78, 5) is 24.5. The third-order valence-corrected chi connectivity index (χ3v) is 3.54. The summed E-state index contributed by atoms with van der Waals surface area (Å²) in [7, 11) is 2.04. The van der Waals surface area contributed by atoms with Crippen LogP contribution in [0.25, 0.3) is 0 Å². The van der Waals surface area contributed by atoms with Crippen molar-refractivity contribution in [2.45, 2.75) is 18.9 Å². The van der Waals surface area contributed by atoms with E-state index in [0.717, 1.165) is 25.9 Å². The van der Waals surface area contributed by atoms with E-state index in [1.165, 1.54) is 18.2 Å². The highest BCUT2D eigenvalue weighted by Gasteiger charge is 2.21. The third-order valence-electron chi connectivity index (χ3n) is 3.54. The molecular weight excluding hydrogens is 260 g/mol. The van der Waals surface area contributed by atoms with Gasteiger partial charge in [-0.2, -0.15) is 0 Å². The van der Waals surface area contributed by atoms with Crippen LogP contribution in [0, 0.1) is 10.1 Å². The summed E-state index contributed by atoms with van der Waals surface area (Å²) in [6.07, 6.45) is 1.78. The molecule has 0 bridgehead atoms. The molecule has 0 radical (unpaired) electrons. The molecule has 0 aliphatic carbocycles. The number of nitrogen functional groups attached to an aromatic ring is 1. The molecule has 1 amide bonds. The van der Waals surface area contributed by atoms with E-state index in [4.69, 9.17) is 5.73 Å². The number of rotatable bonds is 3. The van der Waals surface area contributed by atoms with Crippen LogP contribution < -0.4 is 11.1 Å². The Hall–Kier alpha value is -2.15. The summed E-state index contributed by atoms with van der Waals surface area (Å²) in [6, 6.07) is 4.24. The SMILES string of the molecule is CN1CCC(NC(=O)c2ccc(N)c([N+](=O)[O-])c2)CC1. The molecule has 0 spiro atoms. The van der Waals surface area contributed by atoms with E-state index in [9.17, 15) is 14.9 Å². The van der Waals surface area contributed by atoms with E-state index >= 15 is 0 Å². The zero-order chi connectivity index (χ0) is 14.7. The van der Waals surface area contributed by atoms with Gasteiger partial charge in [0, 0.05) is 17.7 Å². The molecule has 1 heterocycles. The molecule has 7 heteroatoms. The van der Waals surface area contributed by atoms with Crippen LogP contribution in [0.4, 0.5) is 11.4 Å². The van der Waals surface area contributed by atoms with Gasteiger partial charge >= 0.3 is 0 Å². The molecule has 1 aliphatic rings. The van der Waals surface area contributed by atoms with Gasteiger partial charge in [-0.1, -0.05) is 0 Å². The Balaban J connectivity index is 2.06. The van der Waals surface area contributed by atoms with Crippen LogP contribution in [0.15, 0.2) is 18.2 Å². The summed E-state index contributed by atoms with van der Waals surface area (Å²) in [6.45, 7) is 1.87. The molecular formula is C13H18N4O3. The van der Waals surface area contributed by atoms with Crippen LogP contribution in [0.2, 0.25) is 0 Å². The first-order valence-corrected chi connectivity index (χ1v) is 6.50. The van der Waals surface area contributed by atoms with E-state index < -0.39 is 4.92 Å². The highest BCUT2D eigenvalue weighted by atomic mass is 16.6. The van der Waals surface area contributed by atoms with Crippen molar-refractivity contribution in [3.8, 4) is 0 Å². The number of benzene rings is 1. The van der Waals surface area contributed by atoms with Crippen molar-refractivity contribution in [2.75, 3.05) is 25.9 Å². The lowest BCUT2D eigenvalue weighted by Gasteiger charge is -2.29. The quantitative estimate of drug-likeness (QED) is 0.488. The number of hydrogen-bond acceptors (Lipinski definition) is 5. The van der Waals surface area contributed by atoms with Gasteiger partial charge in [0.15, 0.2) is 0 Å². The van der Waals surface area contributed by atoms with E-state index in [0.29, 0.717) is 0 Å². The van der Waals surface area contributed by atoms with Gasteiger partial charge in [0.2, 0.25) is 0 Å². The molecule has 0 aromatic heterocycles. The second kappa shape index (κ2) is 5.87. The summed E-state index contributed by atoms with van der Waals surface area (Å²) in [5, 5.41) is 13.7. The van der Waals surface area contributed by atoms with Crippen molar-refractivity contribution in [1.29, 1.82) is 0 Å². The summed E-state index contributed by atoms with van der Waals surface area (Å²) < 4.78 is 0. The number of nitro benzene ring substituents is 1. The molecule has 7 nitrogen and oxygen atoms in total. The van der Waals surface area contributed by atoms with Gasteiger partial charge in [-0.15, -0.1) is 0 Å². The minimum Gasteiger partial charge on any atom is -0.393 e. The van der Waals surface area contributed by atoms with Gasteiger partial charge in [0.25, 0.3) is 11.6 Å². The van der Waals surface area contributed by atoms with Crippen LogP contribution in [0.3, 0.4) is 0 Å². The average Bonchev–Trinajstić information content (AvgIpc) is 2.41. The Morgan fingerprint density at radius 1 is 1.45 bits per heavy atom. The second-order valence-electron chi connectivity index (χ2n) is 5.08. The third kappa shape index (κ3) is 3.24. The monoisotopic (exact) mass is 278 g/mol. The van der Waals surface area contributed by atoms with Gasteiger partial charge in [0.1, 0.15) is 5.69 Å². The largest absolute Gasteiger partial charge is 0.393 e. The van der Waals surface area contributed by atoms with Gasteiger partial charge in [-0.3, -0.25) is 14.9 Å². The predicted octanol–water partition coefficient (Wildman–Crippen LogP) is 1.00. The smallest absolute Gasteiger partial charge is 0.292 e. The standard InChI is InChI=1S/C13H18N4O3/c1-16-6-4-10(5-7-16)15-13(18)9-2-3-11(14)12(8-9)17(19)20/h2-3,8,10H,4-7,14H2,1H3,(H,15,18). The van der Waals surface area contributed by atoms with Gasteiger partial charge in [-0.05, 0) is 45.1 Å². The Morgan fingerprint density at radius 3 is 2.70 bits per heavy atom. The molecule has 108 valence electrons. The lowest BCUT2D eigenvalue weighted by atomic mass is 10.0. The molecule has 20 heavy (non-hydrogen) atoms. The maximum Gasteiger partial charge on any atom is 0.292 e. The number of nitrogens with one attached hydrogen (secondary N) is 1. The number of hydrogen-bond donors (Lipinski definition) is 2. The molecule has 0 unspecified atom stereocenters. The first-order valence-electron chi connectivity index (χ1n) is 6.50. The summed E-state index contributed by atoms with van der Waals surface area (Å²) >= 11 is 0. The predicted molar refractivity (Wildman–Crippen MR) is 75.5 cm³/mol. The van der Waals surface area contributed by atoms with Crippen molar-refractivity contribution >= 4 is 17.3 Å². The Morgan fingerprint density at radius 2 is 2.10 bits per heavy atom. The highest BCUT2D eigenvalue weighted by Crippen LogP contribution is 2.22. The molecule has 2 rings (SSSR count). The Labute approximate surface area is 116 Å². The van der Waals surface area contributed by atoms with E-state index in [1.54, 1.807) is 0 Å². The zero-order valence-corrected chi connectivity index (χ0v) is 11.3. The number of nitro groups is 1. The fourth-order valence-electron chi connectivity index (χ4n) is 2.26. The Bertz CT molecular complexity index is 524. The number of piperidine rings is 1. The first-order chi connectivity index (χ1) is 9.47. The zero-order valence-electron chi connectivity index (χ0n) is 11.3. The fraction of sp³-hybridized carbons (Fsp3) is 0.462. The molecule has 1 aromatic rings. The maximum atomic E-state index is 12.1. The van der Waals surface area contributed by atoms with Crippen molar-refractivity contribution in [1.82, 2.24) is 10.2 Å². The number of nitrogens with zero attached hydrogens (tertiary/aromatic N) is 2. The van der Waals surface area contributed by atoms with Gasteiger partial charge in [-0.25, -0.2) is 0 Å². The lowest BCUT2D eigenvalue weighted by Crippen LogP contribution is -2.43. The van der Waals surface area contributed by atoms with Crippen molar-refractivity contribution < 1.29 is 9.72 Å². The molecule has 1 aromatic carbocycles. The lowest BCUT2D eigenvalue weighted by molar-refractivity contribution is -0.383. The number of carbonyl (C=O) groups is 1. The van der Waals surface area contributed by atoms with Gasteiger partial charge in [0.05, 0.1) is 4.92 Å².